The van der Waals surface area contributed by atoms with Crippen LogP contribution >= 0.6 is 0 Å². The number of hydrogen-bond acceptors (Lipinski definition) is 3. The van der Waals surface area contributed by atoms with Gasteiger partial charge in [-0.05, 0) is 40.2 Å². The first kappa shape index (κ1) is 16.2. The van der Waals surface area contributed by atoms with Crippen molar-refractivity contribution in [3.8, 4) is 0 Å². The Hall–Kier alpha value is -1.13. The van der Waals surface area contributed by atoms with Gasteiger partial charge in [0.25, 0.3) is 0 Å². The predicted molar refractivity (Wildman–Crippen MR) is 86.3 cm³/mol. The molecule has 2 heterocycles. The zero-order valence-electron chi connectivity index (χ0n) is 13.9. The van der Waals surface area contributed by atoms with Crippen LogP contribution in [-0.2, 0) is 17.8 Å². The van der Waals surface area contributed by atoms with Crippen LogP contribution in [0.5, 0.6) is 0 Å². The summed E-state index contributed by atoms with van der Waals surface area (Å²) < 4.78 is 7.82. The Balaban J connectivity index is 2.06. The van der Waals surface area contributed by atoms with Crippen LogP contribution in [0.15, 0.2) is 18.9 Å². The van der Waals surface area contributed by atoms with Crippen LogP contribution in [0.1, 0.15) is 44.9 Å². The monoisotopic (exact) mass is 291 g/mol. The largest absolute Gasteiger partial charge is 0.375 e. The molecular formula is C17H29N3O. The summed E-state index contributed by atoms with van der Waals surface area (Å²) in [7, 11) is 0. The van der Waals surface area contributed by atoms with E-state index in [2.05, 4.69) is 50.5 Å². The SMILES string of the molecule is C=CCn1cc(CN(CC)[C@@H]2CCOC(C)(C)C2)c(C)n1. The Bertz CT molecular complexity index is 478. The highest BCUT2D eigenvalue weighted by molar-refractivity contribution is 5.15. The molecule has 21 heavy (non-hydrogen) atoms. The van der Waals surface area contributed by atoms with Crippen molar-refractivity contribution < 1.29 is 4.74 Å². The van der Waals surface area contributed by atoms with Gasteiger partial charge in [0.2, 0.25) is 0 Å². The van der Waals surface area contributed by atoms with E-state index in [-0.39, 0.29) is 5.60 Å². The van der Waals surface area contributed by atoms with Gasteiger partial charge in [-0.3, -0.25) is 9.58 Å². The minimum Gasteiger partial charge on any atom is -0.375 e. The number of rotatable bonds is 6. The van der Waals surface area contributed by atoms with Crippen molar-refractivity contribution in [2.45, 2.75) is 65.3 Å². The molecule has 0 spiro atoms. The minimum atomic E-state index is -0.00158. The third-order valence-corrected chi connectivity index (χ3v) is 4.33. The Morgan fingerprint density at radius 2 is 2.33 bits per heavy atom. The molecule has 0 saturated carbocycles. The summed E-state index contributed by atoms with van der Waals surface area (Å²) in [5.41, 5.74) is 2.45. The van der Waals surface area contributed by atoms with Crippen LogP contribution in [0.3, 0.4) is 0 Å². The summed E-state index contributed by atoms with van der Waals surface area (Å²) in [4.78, 5) is 2.56. The second kappa shape index (κ2) is 6.75. The lowest BCUT2D eigenvalue weighted by molar-refractivity contribution is -0.0838. The van der Waals surface area contributed by atoms with Gasteiger partial charge in [-0.1, -0.05) is 13.0 Å². The van der Waals surface area contributed by atoms with E-state index in [1.165, 1.54) is 5.56 Å². The number of hydrogen-bond donors (Lipinski definition) is 0. The van der Waals surface area contributed by atoms with Gasteiger partial charge < -0.3 is 4.74 Å². The summed E-state index contributed by atoms with van der Waals surface area (Å²) in [6, 6.07) is 0.598. The molecule has 0 bridgehead atoms. The zero-order valence-corrected chi connectivity index (χ0v) is 13.9. The smallest absolute Gasteiger partial charge is 0.0641 e. The maximum absolute atomic E-state index is 5.85. The molecule has 1 aromatic heterocycles. The predicted octanol–water partition coefficient (Wildman–Crippen LogP) is 3.16. The van der Waals surface area contributed by atoms with Crippen LogP contribution in [0.25, 0.3) is 0 Å². The van der Waals surface area contributed by atoms with Gasteiger partial charge in [-0.15, -0.1) is 6.58 Å². The lowest BCUT2D eigenvalue weighted by Gasteiger charge is -2.41. The fourth-order valence-corrected chi connectivity index (χ4v) is 3.17. The summed E-state index contributed by atoms with van der Waals surface area (Å²) in [6.07, 6.45) is 6.26. The first-order chi connectivity index (χ1) is 9.95. The molecule has 0 amide bonds. The highest BCUT2D eigenvalue weighted by Gasteiger charge is 2.32. The molecule has 0 unspecified atom stereocenters. The second-order valence-corrected chi connectivity index (χ2v) is 6.57. The van der Waals surface area contributed by atoms with E-state index in [4.69, 9.17) is 4.74 Å². The highest BCUT2D eigenvalue weighted by Crippen LogP contribution is 2.28. The Morgan fingerprint density at radius 1 is 1.57 bits per heavy atom. The average Bonchev–Trinajstić information content (AvgIpc) is 2.75. The molecule has 1 saturated heterocycles. The molecule has 1 fully saturated rings. The van der Waals surface area contributed by atoms with E-state index in [0.29, 0.717) is 6.04 Å². The average molecular weight is 291 g/mol. The molecule has 1 aliphatic heterocycles. The number of aryl methyl sites for hydroxylation is 1. The molecule has 0 radical (unpaired) electrons. The van der Waals surface area contributed by atoms with Crippen molar-refractivity contribution in [2.75, 3.05) is 13.2 Å². The van der Waals surface area contributed by atoms with E-state index in [9.17, 15) is 0 Å². The fourth-order valence-electron chi connectivity index (χ4n) is 3.17. The molecule has 0 aliphatic carbocycles. The van der Waals surface area contributed by atoms with Gasteiger partial charge >= 0.3 is 0 Å². The molecule has 4 heteroatoms. The summed E-state index contributed by atoms with van der Waals surface area (Å²) >= 11 is 0. The van der Waals surface area contributed by atoms with Crippen LogP contribution in [0, 0.1) is 6.92 Å². The summed E-state index contributed by atoms with van der Waals surface area (Å²) in [5, 5.41) is 4.56. The van der Waals surface area contributed by atoms with E-state index >= 15 is 0 Å². The van der Waals surface area contributed by atoms with Gasteiger partial charge in [-0.25, -0.2) is 0 Å². The highest BCUT2D eigenvalue weighted by atomic mass is 16.5. The molecule has 1 aliphatic rings. The first-order valence-corrected chi connectivity index (χ1v) is 7.97. The number of allylic oxidation sites excluding steroid dienone is 1. The van der Waals surface area contributed by atoms with Gasteiger partial charge in [0.05, 0.1) is 17.8 Å². The number of nitrogens with zero attached hydrogens (tertiary/aromatic N) is 3. The van der Waals surface area contributed by atoms with Crippen LogP contribution in [-0.4, -0.2) is 39.5 Å². The second-order valence-electron chi connectivity index (χ2n) is 6.57. The quantitative estimate of drug-likeness (QED) is 0.754. The molecule has 1 atom stereocenters. The van der Waals surface area contributed by atoms with Crippen molar-refractivity contribution in [3.63, 3.8) is 0 Å². The van der Waals surface area contributed by atoms with Crippen molar-refractivity contribution >= 4 is 0 Å². The standard InChI is InChI=1S/C17H29N3O/c1-6-9-20-13-15(14(3)18-20)12-19(7-2)16-8-10-21-17(4,5)11-16/h6,13,16H,1,7-12H2,2-5H3/t16-/m1/s1. The molecule has 1 aromatic rings. The molecule has 118 valence electrons. The lowest BCUT2D eigenvalue weighted by atomic mass is 9.92. The number of aromatic nitrogens is 2. The molecule has 0 N–H and O–H groups in total. The van der Waals surface area contributed by atoms with E-state index < -0.39 is 0 Å². The number of ether oxygens (including phenoxy) is 1. The Kier molecular flexibility index (Phi) is 5.22. The van der Waals surface area contributed by atoms with Crippen molar-refractivity contribution in [1.29, 1.82) is 0 Å². The third kappa shape index (κ3) is 4.17. The Labute approximate surface area is 128 Å². The molecule has 4 nitrogen and oxygen atoms in total. The van der Waals surface area contributed by atoms with Crippen LogP contribution < -0.4 is 0 Å². The normalized spacial score (nSPS) is 21.7. The van der Waals surface area contributed by atoms with Gasteiger partial charge in [-0.2, -0.15) is 5.10 Å². The lowest BCUT2D eigenvalue weighted by Crippen LogP contribution is -2.45. The Morgan fingerprint density at radius 3 is 2.95 bits per heavy atom. The van der Waals surface area contributed by atoms with Gasteiger partial charge in [0, 0.05) is 31.0 Å². The maximum Gasteiger partial charge on any atom is 0.0641 e. The van der Waals surface area contributed by atoms with E-state index in [1.54, 1.807) is 0 Å². The molecular weight excluding hydrogens is 262 g/mol. The van der Waals surface area contributed by atoms with Gasteiger partial charge in [0.15, 0.2) is 0 Å². The summed E-state index contributed by atoms with van der Waals surface area (Å²) in [5.74, 6) is 0. The minimum absolute atomic E-state index is 0.00158. The topological polar surface area (TPSA) is 30.3 Å². The summed E-state index contributed by atoms with van der Waals surface area (Å²) in [6.45, 7) is 16.2. The van der Waals surface area contributed by atoms with Crippen molar-refractivity contribution in [2.24, 2.45) is 0 Å². The maximum atomic E-state index is 5.85. The van der Waals surface area contributed by atoms with E-state index in [0.717, 1.165) is 44.8 Å². The van der Waals surface area contributed by atoms with Crippen LogP contribution in [0.2, 0.25) is 0 Å². The fraction of sp³-hybridized carbons (Fsp3) is 0.706. The first-order valence-electron chi connectivity index (χ1n) is 7.97. The van der Waals surface area contributed by atoms with Crippen molar-refractivity contribution in [1.82, 2.24) is 14.7 Å². The third-order valence-electron chi connectivity index (χ3n) is 4.33. The molecule has 2 rings (SSSR count). The van der Waals surface area contributed by atoms with Gasteiger partial charge in [0.1, 0.15) is 0 Å². The van der Waals surface area contributed by atoms with Crippen molar-refractivity contribution in [3.05, 3.63) is 30.1 Å². The van der Waals surface area contributed by atoms with E-state index in [1.807, 2.05) is 10.8 Å². The molecule has 0 aromatic carbocycles. The van der Waals surface area contributed by atoms with Crippen LogP contribution in [0.4, 0.5) is 0 Å². The zero-order chi connectivity index (χ0) is 15.5.